The molecule has 2 aromatic heterocycles. The Morgan fingerprint density at radius 3 is 2.88 bits per heavy atom. The third kappa shape index (κ3) is 7.38. The molecular formula is C29H42N4O. The Morgan fingerprint density at radius 1 is 1.18 bits per heavy atom. The molecule has 0 amide bonds. The summed E-state index contributed by atoms with van der Waals surface area (Å²) in [6.45, 7) is 5.40. The first-order valence-corrected chi connectivity index (χ1v) is 13.4. The van der Waals surface area contributed by atoms with E-state index >= 15 is 0 Å². The van der Waals surface area contributed by atoms with Crippen LogP contribution < -0.4 is 5.73 Å². The SMILES string of the molecule is CCCC(CCC/C=C\C1CCCc2cnccc21)OC1CCN(Cc2ccnc(N)c2)CC1. The molecule has 0 radical (unpaired) electrons. The van der Waals surface area contributed by atoms with Gasteiger partial charge in [-0.25, -0.2) is 4.98 Å². The van der Waals surface area contributed by atoms with Gasteiger partial charge in [0.05, 0.1) is 12.2 Å². The highest BCUT2D eigenvalue weighted by Crippen LogP contribution is 2.32. The third-order valence-electron chi connectivity index (χ3n) is 7.35. The van der Waals surface area contributed by atoms with Crippen LogP contribution in [0.25, 0.3) is 0 Å². The lowest BCUT2D eigenvalue weighted by Crippen LogP contribution is -2.38. The Morgan fingerprint density at radius 2 is 2.06 bits per heavy atom. The van der Waals surface area contributed by atoms with E-state index in [1.54, 1.807) is 6.20 Å². The molecule has 1 saturated heterocycles. The molecule has 4 rings (SSSR count). The Balaban J connectivity index is 1.17. The van der Waals surface area contributed by atoms with Gasteiger partial charge in [0.15, 0.2) is 0 Å². The number of anilines is 1. The molecule has 0 aromatic carbocycles. The van der Waals surface area contributed by atoms with Crippen molar-refractivity contribution in [2.45, 2.75) is 95.8 Å². The van der Waals surface area contributed by atoms with E-state index in [0.717, 1.165) is 38.9 Å². The van der Waals surface area contributed by atoms with Crippen LogP contribution in [0.1, 0.15) is 87.3 Å². The molecule has 0 bridgehead atoms. The summed E-state index contributed by atoms with van der Waals surface area (Å²) in [6, 6.07) is 6.26. The molecule has 2 aliphatic rings. The van der Waals surface area contributed by atoms with E-state index in [4.69, 9.17) is 10.5 Å². The van der Waals surface area contributed by atoms with Crippen LogP contribution in [0, 0.1) is 0 Å². The Labute approximate surface area is 205 Å². The largest absolute Gasteiger partial charge is 0.384 e. The van der Waals surface area contributed by atoms with Crippen LogP contribution in [0.5, 0.6) is 0 Å². The molecule has 0 spiro atoms. The number of likely N-dealkylation sites (tertiary alicyclic amines) is 1. The number of piperidine rings is 1. The topological polar surface area (TPSA) is 64.3 Å². The van der Waals surface area contributed by atoms with Gasteiger partial charge >= 0.3 is 0 Å². The van der Waals surface area contributed by atoms with E-state index in [9.17, 15) is 0 Å². The number of pyridine rings is 2. The molecule has 2 aromatic rings. The Bertz CT molecular complexity index is 907. The predicted octanol–water partition coefficient (Wildman–Crippen LogP) is 6.06. The van der Waals surface area contributed by atoms with E-state index in [1.165, 1.54) is 61.6 Å². The van der Waals surface area contributed by atoms with E-state index < -0.39 is 0 Å². The molecule has 34 heavy (non-hydrogen) atoms. The highest BCUT2D eigenvalue weighted by molar-refractivity contribution is 5.33. The standard InChI is InChI=1S/C29H42N4O/c1-2-7-26(11-5-3-4-8-24-9-6-10-25-21-31-16-13-28(24)25)34-27-14-18-33(19-15-27)22-23-12-17-32-29(30)20-23/h4,8,12-13,16-17,20-21,24,26-27H,2-3,5-7,9-11,14-15,18-19,22H2,1H3,(H2,30,32)/b8-4-. The summed E-state index contributed by atoms with van der Waals surface area (Å²) in [5, 5.41) is 0. The molecule has 1 aliphatic carbocycles. The fraction of sp³-hybridized carbons (Fsp3) is 0.586. The van der Waals surface area contributed by atoms with Crippen molar-refractivity contribution in [3.63, 3.8) is 0 Å². The number of nitrogens with two attached hydrogens (primary N) is 1. The van der Waals surface area contributed by atoms with Gasteiger partial charge in [0.2, 0.25) is 0 Å². The lowest BCUT2D eigenvalue weighted by atomic mass is 9.83. The maximum absolute atomic E-state index is 6.60. The number of rotatable bonds is 11. The fourth-order valence-electron chi connectivity index (χ4n) is 5.53. The van der Waals surface area contributed by atoms with Crippen molar-refractivity contribution in [1.29, 1.82) is 0 Å². The van der Waals surface area contributed by atoms with Gasteiger partial charge in [-0.3, -0.25) is 9.88 Å². The van der Waals surface area contributed by atoms with Gasteiger partial charge in [0, 0.05) is 44.1 Å². The van der Waals surface area contributed by atoms with Crippen LogP contribution in [0.3, 0.4) is 0 Å². The molecule has 3 heterocycles. The number of fused-ring (bicyclic) bond motifs is 1. The number of hydrogen-bond donors (Lipinski definition) is 1. The van der Waals surface area contributed by atoms with Crippen molar-refractivity contribution >= 4 is 5.82 Å². The van der Waals surface area contributed by atoms with Gasteiger partial charge in [-0.15, -0.1) is 0 Å². The fourth-order valence-corrected chi connectivity index (χ4v) is 5.53. The second-order valence-corrected chi connectivity index (χ2v) is 10.0. The van der Waals surface area contributed by atoms with Crippen molar-refractivity contribution in [1.82, 2.24) is 14.9 Å². The average Bonchev–Trinajstić information content (AvgIpc) is 2.85. The van der Waals surface area contributed by atoms with Crippen LogP contribution in [-0.2, 0) is 17.7 Å². The number of unbranched alkanes of at least 4 members (excludes halogenated alkanes) is 1. The number of nitrogen functional groups attached to an aromatic ring is 1. The molecule has 2 atom stereocenters. The third-order valence-corrected chi connectivity index (χ3v) is 7.35. The van der Waals surface area contributed by atoms with Gasteiger partial charge < -0.3 is 10.5 Å². The molecule has 5 nitrogen and oxygen atoms in total. The Hall–Kier alpha value is -2.24. The lowest BCUT2D eigenvalue weighted by molar-refractivity contribution is -0.0503. The number of ether oxygens (including phenoxy) is 1. The summed E-state index contributed by atoms with van der Waals surface area (Å²) in [5.74, 6) is 1.18. The molecule has 1 aliphatic heterocycles. The van der Waals surface area contributed by atoms with Crippen molar-refractivity contribution < 1.29 is 4.74 Å². The van der Waals surface area contributed by atoms with Gasteiger partial charge in [-0.05, 0) is 92.7 Å². The quantitative estimate of drug-likeness (QED) is 0.325. The number of allylic oxidation sites excluding steroid dienone is 2. The zero-order chi connectivity index (χ0) is 23.6. The highest BCUT2D eigenvalue weighted by atomic mass is 16.5. The maximum atomic E-state index is 6.60. The minimum atomic E-state index is 0.399. The normalized spacial score (nSPS) is 20.4. The van der Waals surface area contributed by atoms with Crippen LogP contribution in [0.2, 0.25) is 0 Å². The number of aromatic nitrogens is 2. The molecule has 2 unspecified atom stereocenters. The molecule has 1 fully saturated rings. The second-order valence-electron chi connectivity index (χ2n) is 10.0. The number of aryl methyl sites for hydroxylation is 1. The van der Waals surface area contributed by atoms with E-state index in [2.05, 4.69) is 52.3 Å². The molecular weight excluding hydrogens is 420 g/mol. The number of nitrogens with zero attached hydrogens (tertiary/aromatic N) is 3. The van der Waals surface area contributed by atoms with E-state index in [-0.39, 0.29) is 0 Å². The predicted molar refractivity (Wildman–Crippen MR) is 140 cm³/mol. The van der Waals surface area contributed by atoms with Gasteiger partial charge in [-0.1, -0.05) is 25.5 Å². The van der Waals surface area contributed by atoms with Crippen LogP contribution in [0.15, 0.2) is 48.9 Å². The Kier molecular flexibility index (Phi) is 9.52. The van der Waals surface area contributed by atoms with E-state index in [1.807, 2.05) is 12.3 Å². The van der Waals surface area contributed by atoms with Crippen molar-refractivity contribution in [2.24, 2.45) is 0 Å². The summed E-state index contributed by atoms with van der Waals surface area (Å²) < 4.78 is 6.60. The zero-order valence-corrected chi connectivity index (χ0v) is 20.9. The lowest BCUT2D eigenvalue weighted by Gasteiger charge is -2.34. The second kappa shape index (κ2) is 13.0. The van der Waals surface area contributed by atoms with E-state index in [0.29, 0.717) is 23.9 Å². The first-order valence-electron chi connectivity index (χ1n) is 13.4. The van der Waals surface area contributed by atoms with Gasteiger partial charge in [0.1, 0.15) is 5.82 Å². The first-order chi connectivity index (χ1) is 16.7. The molecule has 184 valence electrons. The molecule has 5 heteroatoms. The minimum Gasteiger partial charge on any atom is -0.384 e. The monoisotopic (exact) mass is 462 g/mol. The van der Waals surface area contributed by atoms with Crippen molar-refractivity contribution in [2.75, 3.05) is 18.8 Å². The van der Waals surface area contributed by atoms with Crippen LogP contribution in [0.4, 0.5) is 5.82 Å². The van der Waals surface area contributed by atoms with Crippen molar-refractivity contribution in [3.05, 3.63) is 65.6 Å². The summed E-state index contributed by atoms with van der Waals surface area (Å²) in [4.78, 5) is 10.9. The molecule has 2 N–H and O–H groups in total. The summed E-state index contributed by atoms with van der Waals surface area (Å²) in [6.07, 6.45) is 23.3. The summed E-state index contributed by atoms with van der Waals surface area (Å²) in [7, 11) is 0. The van der Waals surface area contributed by atoms with Gasteiger partial charge in [0.25, 0.3) is 0 Å². The smallest absolute Gasteiger partial charge is 0.123 e. The first kappa shape index (κ1) is 24.9. The number of hydrogen-bond acceptors (Lipinski definition) is 5. The highest BCUT2D eigenvalue weighted by Gasteiger charge is 2.23. The minimum absolute atomic E-state index is 0.399. The van der Waals surface area contributed by atoms with Gasteiger partial charge in [-0.2, -0.15) is 0 Å². The maximum Gasteiger partial charge on any atom is 0.123 e. The molecule has 0 saturated carbocycles. The van der Waals surface area contributed by atoms with Crippen LogP contribution in [-0.4, -0.2) is 40.2 Å². The summed E-state index contributed by atoms with van der Waals surface area (Å²) >= 11 is 0. The van der Waals surface area contributed by atoms with Crippen LogP contribution >= 0.6 is 0 Å². The zero-order valence-electron chi connectivity index (χ0n) is 20.9. The van der Waals surface area contributed by atoms with Crippen molar-refractivity contribution in [3.8, 4) is 0 Å². The average molecular weight is 463 g/mol. The summed E-state index contributed by atoms with van der Waals surface area (Å²) in [5.41, 5.74) is 10.0.